The minimum absolute atomic E-state index is 0.00601. The Morgan fingerprint density at radius 3 is 2.89 bits per heavy atom. The van der Waals surface area contributed by atoms with E-state index in [2.05, 4.69) is 21.2 Å². The molecule has 0 bridgehead atoms. The molecule has 2 N–H and O–H groups in total. The van der Waals surface area contributed by atoms with Crippen LogP contribution in [0, 0.1) is 0 Å². The maximum Gasteiger partial charge on any atom is 0.337 e. The van der Waals surface area contributed by atoms with Gasteiger partial charge >= 0.3 is 5.97 Å². The lowest BCUT2D eigenvalue weighted by molar-refractivity contribution is -0.120. The number of carbonyl (C=O) groups is 2. The Morgan fingerprint density at radius 2 is 2.17 bits per heavy atom. The Labute approximate surface area is 113 Å². The third-order valence-electron chi connectivity index (χ3n) is 2.84. The number of amides is 1. The molecule has 1 heterocycles. The maximum absolute atomic E-state index is 11.3. The van der Waals surface area contributed by atoms with Crippen molar-refractivity contribution >= 4 is 33.5 Å². The van der Waals surface area contributed by atoms with Gasteiger partial charge in [-0.1, -0.05) is 15.9 Å². The summed E-state index contributed by atoms with van der Waals surface area (Å²) < 4.78 is 0.729. The van der Waals surface area contributed by atoms with Gasteiger partial charge in [0.2, 0.25) is 5.91 Å². The van der Waals surface area contributed by atoms with Gasteiger partial charge in [0.25, 0.3) is 0 Å². The zero-order valence-electron chi connectivity index (χ0n) is 9.65. The molecule has 0 spiro atoms. The van der Waals surface area contributed by atoms with Gasteiger partial charge < -0.3 is 15.3 Å². The quantitative estimate of drug-likeness (QED) is 0.867. The van der Waals surface area contributed by atoms with E-state index >= 15 is 0 Å². The molecule has 96 valence electrons. The van der Waals surface area contributed by atoms with Crippen LogP contribution in [0.25, 0.3) is 0 Å². The van der Waals surface area contributed by atoms with Gasteiger partial charge in [0, 0.05) is 30.5 Å². The second kappa shape index (κ2) is 5.39. The van der Waals surface area contributed by atoms with E-state index < -0.39 is 5.97 Å². The molecule has 18 heavy (non-hydrogen) atoms. The van der Waals surface area contributed by atoms with Crippen molar-refractivity contribution in [3.05, 3.63) is 28.2 Å². The van der Waals surface area contributed by atoms with Gasteiger partial charge in [0.1, 0.15) is 0 Å². The summed E-state index contributed by atoms with van der Waals surface area (Å²) in [6.45, 7) is 1.69. The number of rotatable bonds is 2. The van der Waals surface area contributed by atoms with Crippen molar-refractivity contribution in [1.82, 2.24) is 5.32 Å². The molecular formula is C12H13BrN2O3. The first-order chi connectivity index (χ1) is 8.58. The average Bonchev–Trinajstić information content (AvgIpc) is 2.54. The van der Waals surface area contributed by atoms with Crippen LogP contribution in [0.15, 0.2) is 22.7 Å². The van der Waals surface area contributed by atoms with Crippen LogP contribution in [0.4, 0.5) is 5.69 Å². The molecule has 1 aromatic rings. The molecule has 1 aromatic carbocycles. The lowest BCUT2D eigenvalue weighted by Gasteiger charge is -2.23. The van der Waals surface area contributed by atoms with E-state index in [9.17, 15) is 14.7 Å². The van der Waals surface area contributed by atoms with Crippen LogP contribution in [0.3, 0.4) is 0 Å². The van der Waals surface area contributed by atoms with Crippen LogP contribution in [-0.2, 0) is 4.79 Å². The number of hydrogen-bond donors (Lipinski definition) is 2. The van der Waals surface area contributed by atoms with Crippen molar-refractivity contribution in [3.8, 4) is 0 Å². The predicted octanol–water partition coefficient (Wildman–Crippen LogP) is 1.47. The molecule has 1 amide bonds. The molecular weight excluding hydrogens is 300 g/mol. The van der Waals surface area contributed by atoms with Crippen LogP contribution in [0.5, 0.6) is 0 Å². The van der Waals surface area contributed by atoms with E-state index in [0.717, 1.165) is 4.47 Å². The van der Waals surface area contributed by atoms with E-state index in [1.54, 1.807) is 12.1 Å². The molecule has 0 aliphatic carbocycles. The molecule has 2 rings (SSSR count). The van der Waals surface area contributed by atoms with Crippen LogP contribution in [-0.4, -0.2) is 36.6 Å². The molecule has 0 unspecified atom stereocenters. The van der Waals surface area contributed by atoms with E-state index in [1.807, 2.05) is 11.0 Å². The summed E-state index contributed by atoms with van der Waals surface area (Å²) in [6.07, 6.45) is 0.384. The first kappa shape index (κ1) is 12.9. The monoisotopic (exact) mass is 312 g/mol. The third-order valence-corrected chi connectivity index (χ3v) is 3.34. The van der Waals surface area contributed by atoms with Gasteiger partial charge in [-0.2, -0.15) is 0 Å². The molecule has 0 atom stereocenters. The Bertz CT molecular complexity index is 490. The highest BCUT2D eigenvalue weighted by atomic mass is 79.9. The lowest BCUT2D eigenvalue weighted by Crippen LogP contribution is -2.29. The average molecular weight is 313 g/mol. The zero-order chi connectivity index (χ0) is 13.1. The molecule has 5 nitrogen and oxygen atoms in total. The van der Waals surface area contributed by atoms with E-state index in [1.165, 1.54) is 0 Å². The first-order valence-electron chi connectivity index (χ1n) is 5.62. The number of nitrogens with one attached hydrogen (secondary N) is 1. The van der Waals surface area contributed by atoms with Crippen LogP contribution < -0.4 is 10.2 Å². The number of carboxylic acid groups (broad SMARTS) is 1. The van der Waals surface area contributed by atoms with Gasteiger partial charge in [-0.3, -0.25) is 4.79 Å². The number of carbonyl (C=O) groups excluding carboxylic acids is 1. The van der Waals surface area contributed by atoms with Crippen LogP contribution in [0.2, 0.25) is 0 Å². The van der Waals surface area contributed by atoms with Crippen LogP contribution in [0.1, 0.15) is 16.8 Å². The summed E-state index contributed by atoms with van der Waals surface area (Å²) >= 11 is 3.27. The fraction of sp³-hybridized carbons (Fsp3) is 0.333. The first-order valence-corrected chi connectivity index (χ1v) is 6.42. The summed E-state index contributed by atoms with van der Waals surface area (Å²) in [7, 11) is 0. The molecule has 0 radical (unpaired) electrons. The fourth-order valence-corrected chi connectivity index (χ4v) is 2.32. The number of nitrogens with zero attached hydrogens (tertiary/aromatic N) is 1. The van der Waals surface area contributed by atoms with Gasteiger partial charge in [-0.15, -0.1) is 0 Å². The lowest BCUT2D eigenvalue weighted by atomic mass is 10.1. The van der Waals surface area contributed by atoms with Gasteiger partial charge in [0.05, 0.1) is 11.3 Å². The number of anilines is 1. The Hall–Kier alpha value is -1.56. The second-order valence-corrected chi connectivity index (χ2v) is 4.97. The molecule has 1 fully saturated rings. The zero-order valence-corrected chi connectivity index (χ0v) is 11.2. The van der Waals surface area contributed by atoms with E-state index in [4.69, 9.17) is 0 Å². The Kier molecular flexibility index (Phi) is 3.86. The summed E-state index contributed by atoms with van der Waals surface area (Å²) in [5.74, 6) is -0.957. The van der Waals surface area contributed by atoms with Crippen molar-refractivity contribution in [2.45, 2.75) is 6.42 Å². The van der Waals surface area contributed by atoms with Gasteiger partial charge in [0.15, 0.2) is 0 Å². The molecule has 1 aliphatic heterocycles. The number of hydrogen-bond acceptors (Lipinski definition) is 3. The minimum atomic E-state index is -0.963. The Balaban J connectivity index is 2.31. The predicted molar refractivity (Wildman–Crippen MR) is 70.9 cm³/mol. The van der Waals surface area contributed by atoms with Crippen molar-refractivity contribution < 1.29 is 14.7 Å². The fourth-order valence-electron chi connectivity index (χ4n) is 1.96. The largest absolute Gasteiger partial charge is 0.478 e. The highest BCUT2D eigenvalue weighted by molar-refractivity contribution is 9.10. The maximum atomic E-state index is 11.3. The van der Waals surface area contributed by atoms with Crippen molar-refractivity contribution in [2.75, 3.05) is 24.5 Å². The summed E-state index contributed by atoms with van der Waals surface area (Å²) in [4.78, 5) is 24.4. The van der Waals surface area contributed by atoms with Crippen LogP contribution >= 0.6 is 15.9 Å². The minimum Gasteiger partial charge on any atom is -0.478 e. The van der Waals surface area contributed by atoms with Crippen molar-refractivity contribution in [3.63, 3.8) is 0 Å². The van der Waals surface area contributed by atoms with E-state index in [0.29, 0.717) is 31.7 Å². The third kappa shape index (κ3) is 2.81. The molecule has 6 heteroatoms. The molecule has 0 aromatic heterocycles. The topological polar surface area (TPSA) is 69.6 Å². The molecule has 1 saturated heterocycles. The highest BCUT2D eigenvalue weighted by Gasteiger charge is 2.19. The smallest absolute Gasteiger partial charge is 0.337 e. The SMILES string of the molecule is O=C1CCN(c2ccc(Br)cc2C(=O)O)CCN1. The van der Waals surface area contributed by atoms with Gasteiger partial charge in [-0.05, 0) is 18.2 Å². The number of halogens is 1. The normalized spacial score (nSPS) is 16.1. The van der Waals surface area contributed by atoms with Crippen molar-refractivity contribution in [1.29, 1.82) is 0 Å². The Morgan fingerprint density at radius 1 is 1.39 bits per heavy atom. The number of carboxylic acids is 1. The molecule has 0 saturated carbocycles. The summed E-state index contributed by atoms with van der Waals surface area (Å²) in [6, 6.07) is 5.16. The standard InChI is InChI=1S/C12H13BrN2O3/c13-8-1-2-10(9(7-8)12(17)18)15-5-3-11(16)14-4-6-15/h1-2,7H,3-6H2,(H,14,16)(H,17,18). The van der Waals surface area contributed by atoms with Gasteiger partial charge in [-0.25, -0.2) is 4.79 Å². The number of benzene rings is 1. The highest BCUT2D eigenvalue weighted by Crippen LogP contribution is 2.25. The number of aromatic carboxylic acids is 1. The second-order valence-electron chi connectivity index (χ2n) is 4.05. The summed E-state index contributed by atoms with van der Waals surface area (Å²) in [5.41, 5.74) is 0.904. The van der Waals surface area contributed by atoms with Crippen molar-refractivity contribution in [2.24, 2.45) is 0 Å². The molecule has 1 aliphatic rings. The summed E-state index contributed by atoms with van der Waals surface area (Å²) in [5, 5.41) is 12.0. The van der Waals surface area contributed by atoms with E-state index in [-0.39, 0.29) is 11.5 Å².